The molecule has 1 aromatic heterocycles. The molecule has 6 nitrogen and oxygen atoms in total. The Morgan fingerprint density at radius 3 is 2.81 bits per heavy atom. The van der Waals surface area contributed by atoms with Crippen LogP contribution >= 0.6 is 0 Å². The predicted molar refractivity (Wildman–Crippen MR) is 100 cm³/mol. The summed E-state index contributed by atoms with van der Waals surface area (Å²) in [6.45, 7) is 4.31. The molecular formula is C20H21N3O3. The van der Waals surface area contributed by atoms with Crippen LogP contribution in [0.3, 0.4) is 0 Å². The molecule has 0 fully saturated rings. The first-order valence-corrected chi connectivity index (χ1v) is 8.56. The number of hydrogen-bond donors (Lipinski definition) is 1. The van der Waals surface area contributed by atoms with Crippen molar-refractivity contribution in [1.82, 2.24) is 9.97 Å². The Bertz CT molecular complexity index is 933. The maximum atomic E-state index is 13.1. The van der Waals surface area contributed by atoms with Gasteiger partial charge >= 0.3 is 5.97 Å². The van der Waals surface area contributed by atoms with Crippen LogP contribution in [0.2, 0.25) is 0 Å². The van der Waals surface area contributed by atoms with Crippen LogP contribution in [-0.4, -0.2) is 35.0 Å². The second-order valence-corrected chi connectivity index (χ2v) is 5.99. The van der Waals surface area contributed by atoms with Crippen LogP contribution in [-0.2, 0) is 9.53 Å². The number of anilines is 1. The largest absolute Gasteiger partial charge is 0.466 e. The Balaban J connectivity index is 1.90. The third-order valence-electron chi connectivity index (χ3n) is 4.07. The van der Waals surface area contributed by atoms with E-state index in [0.29, 0.717) is 12.2 Å². The average Bonchev–Trinajstić information content (AvgIpc) is 3.09. The first-order valence-electron chi connectivity index (χ1n) is 8.56. The summed E-state index contributed by atoms with van der Waals surface area (Å²) in [5, 5.41) is 0. The molecule has 0 unspecified atom stereocenters. The van der Waals surface area contributed by atoms with E-state index in [1.807, 2.05) is 31.2 Å². The number of ether oxygens (including phenoxy) is 1. The zero-order valence-electron chi connectivity index (χ0n) is 14.9. The van der Waals surface area contributed by atoms with Crippen molar-refractivity contribution in [2.24, 2.45) is 0 Å². The zero-order valence-corrected chi connectivity index (χ0v) is 14.9. The van der Waals surface area contributed by atoms with Gasteiger partial charge in [0.05, 0.1) is 30.4 Å². The van der Waals surface area contributed by atoms with Crippen LogP contribution in [0.5, 0.6) is 0 Å². The van der Waals surface area contributed by atoms with Gasteiger partial charge in [0.1, 0.15) is 0 Å². The van der Waals surface area contributed by atoms with E-state index in [0.717, 1.165) is 22.3 Å². The third kappa shape index (κ3) is 3.91. The molecule has 0 spiro atoms. The smallest absolute Gasteiger partial charge is 0.307 e. The van der Waals surface area contributed by atoms with Crippen molar-refractivity contribution >= 4 is 28.6 Å². The lowest BCUT2D eigenvalue weighted by atomic mass is 10.1. The standard InChI is InChI=1S/C20H21N3O3/c1-3-26-19(24)9-10-23(16-6-4-5-14(2)11-16)20(25)15-7-8-17-18(12-15)22-13-21-17/h4-8,11-13H,3,9-10H2,1-2H3,(H,21,22). The number of amides is 1. The predicted octanol–water partition coefficient (Wildman–Crippen LogP) is 3.47. The zero-order chi connectivity index (χ0) is 18.5. The number of carbonyl (C=O) groups is 2. The lowest BCUT2D eigenvalue weighted by molar-refractivity contribution is -0.142. The van der Waals surface area contributed by atoms with Crippen molar-refractivity contribution in [2.45, 2.75) is 20.3 Å². The van der Waals surface area contributed by atoms with Gasteiger partial charge in [-0.15, -0.1) is 0 Å². The van der Waals surface area contributed by atoms with Gasteiger partial charge in [-0.3, -0.25) is 9.59 Å². The van der Waals surface area contributed by atoms with Gasteiger partial charge in [-0.1, -0.05) is 12.1 Å². The summed E-state index contributed by atoms with van der Waals surface area (Å²) in [5.41, 5.74) is 3.93. The molecule has 0 saturated carbocycles. The van der Waals surface area contributed by atoms with Crippen molar-refractivity contribution in [1.29, 1.82) is 0 Å². The van der Waals surface area contributed by atoms with Crippen LogP contribution in [0.1, 0.15) is 29.3 Å². The monoisotopic (exact) mass is 351 g/mol. The summed E-state index contributed by atoms with van der Waals surface area (Å²) >= 11 is 0. The van der Waals surface area contributed by atoms with Gasteiger partial charge in [0.2, 0.25) is 0 Å². The lowest BCUT2D eigenvalue weighted by Gasteiger charge is -2.23. The molecule has 1 N–H and O–H groups in total. The topological polar surface area (TPSA) is 75.3 Å². The average molecular weight is 351 g/mol. The highest BCUT2D eigenvalue weighted by atomic mass is 16.5. The van der Waals surface area contributed by atoms with Crippen molar-refractivity contribution in [3.05, 3.63) is 59.9 Å². The van der Waals surface area contributed by atoms with E-state index in [1.165, 1.54) is 0 Å². The molecule has 0 saturated heterocycles. The molecule has 3 aromatic rings. The van der Waals surface area contributed by atoms with Crippen molar-refractivity contribution in [3.8, 4) is 0 Å². The Morgan fingerprint density at radius 1 is 1.19 bits per heavy atom. The number of nitrogens with one attached hydrogen (secondary N) is 1. The number of fused-ring (bicyclic) bond motifs is 1. The molecule has 0 bridgehead atoms. The molecule has 3 rings (SSSR count). The minimum Gasteiger partial charge on any atom is -0.466 e. The summed E-state index contributed by atoms with van der Waals surface area (Å²) in [6.07, 6.45) is 1.73. The molecule has 0 atom stereocenters. The van der Waals surface area contributed by atoms with Crippen LogP contribution < -0.4 is 4.90 Å². The molecule has 2 aromatic carbocycles. The first-order chi connectivity index (χ1) is 12.6. The molecule has 0 aliphatic carbocycles. The summed E-state index contributed by atoms with van der Waals surface area (Å²) in [5.74, 6) is -0.488. The summed E-state index contributed by atoms with van der Waals surface area (Å²) in [4.78, 5) is 33.7. The molecule has 1 heterocycles. The van der Waals surface area contributed by atoms with Gasteiger partial charge in [-0.25, -0.2) is 4.98 Å². The molecule has 26 heavy (non-hydrogen) atoms. The van der Waals surface area contributed by atoms with Gasteiger partial charge in [0.15, 0.2) is 0 Å². The highest BCUT2D eigenvalue weighted by molar-refractivity contribution is 6.07. The van der Waals surface area contributed by atoms with Crippen LogP contribution in [0.25, 0.3) is 11.0 Å². The van der Waals surface area contributed by atoms with Crippen molar-refractivity contribution in [2.75, 3.05) is 18.1 Å². The van der Waals surface area contributed by atoms with E-state index in [9.17, 15) is 9.59 Å². The summed E-state index contributed by atoms with van der Waals surface area (Å²) in [6, 6.07) is 13.0. The fourth-order valence-corrected chi connectivity index (χ4v) is 2.80. The SMILES string of the molecule is CCOC(=O)CCN(C(=O)c1ccc2nc[nH]c2c1)c1cccc(C)c1. The van der Waals surface area contributed by atoms with Crippen molar-refractivity contribution < 1.29 is 14.3 Å². The molecule has 6 heteroatoms. The maximum Gasteiger partial charge on any atom is 0.307 e. The number of hydrogen-bond acceptors (Lipinski definition) is 4. The van der Waals surface area contributed by atoms with E-state index in [2.05, 4.69) is 9.97 Å². The number of rotatable bonds is 6. The van der Waals surface area contributed by atoms with Crippen molar-refractivity contribution in [3.63, 3.8) is 0 Å². The first kappa shape index (κ1) is 17.7. The number of aromatic amines is 1. The quantitative estimate of drug-likeness (QED) is 0.690. The number of imidazole rings is 1. The molecular weight excluding hydrogens is 330 g/mol. The second kappa shape index (κ2) is 7.82. The van der Waals surface area contributed by atoms with Gasteiger partial charge in [0.25, 0.3) is 5.91 Å². The number of nitrogens with zero attached hydrogens (tertiary/aromatic N) is 2. The fourth-order valence-electron chi connectivity index (χ4n) is 2.80. The number of H-pyrrole nitrogens is 1. The molecule has 1 amide bonds. The molecule has 134 valence electrons. The van der Waals surface area contributed by atoms with E-state index in [4.69, 9.17) is 4.74 Å². The Kier molecular flexibility index (Phi) is 5.31. The normalized spacial score (nSPS) is 10.7. The Morgan fingerprint density at radius 2 is 2.04 bits per heavy atom. The number of aromatic nitrogens is 2. The van der Waals surface area contributed by atoms with Crippen LogP contribution in [0, 0.1) is 6.92 Å². The van der Waals surface area contributed by atoms with E-state index in [-0.39, 0.29) is 24.8 Å². The number of carbonyl (C=O) groups excluding carboxylic acids is 2. The molecule has 0 aliphatic rings. The summed E-state index contributed by atoms with van der Waals surface area (Å²) in [7, 11) is 0. The van der Waals surface area contributed by atoms with Crippen LogP contribution in [0.15, 0.2) is 48.8 Å². The van der Waals surface area contributed by atoms with E-state index < -0.39 is 0 Å². The number of benzene rings is 2. The van der Waals surface area contributed by atoms with Gasteiger partial charge in [-0.2, -0.15) is 0 Å². The maximum absolute atomic E-state index is 13.1. The van der Waals surface area contributed by atoms with Gasteiger partial charge in [-0.05, 0) is 49.7 Å². The molecule has 0 radical (unpaired) electrons. The van der Waals surface area contributed by atoms with E-state index in [1.54, 1.807) is 36.4 Å². The van der Waals surface area contributed by atoms with Gasteiger partial charge in [0, 0.05) is 17.8 Å². The Hall–Kier alpha value is -3.15. The second-order valence-electron chi connectivity index (χ2n) is 5.99. The van der Waals surface area contributed by atoms with Gasteiger partial charge < -0.3 is 14.6 Å². The Labute approximate surface area is 151 Å². The molecule has 0 aliphatic heterocycles. The number of aryl methyl sites for hydroxylation is 1. The minimum absolute atomic E-state index is 0.139. The number of esters is 1. The van der Waals surface area contributed by atoms with Crippen LogP contribution in [0.4, 0.5) is 5.69 Å². The lowest BCUT2D eigenvalue weighted by Crippen LogP contribution is -2.33. The van der Waals surface area contributed by atoms with E-state index >= 15 is 0 Å². The highest BCUT2D eigenvalue weighted by Crippen LogP contribution is 2.21. The third-order valence-corrected chi connectivity index (χ3v) is 4.07. The highest BCUT2D eigenvalue weighted by Gasteiger charge is 2.20. The fraction of sp³-hybridized carbons (Fsp3) is 0.250. The minimum atomic E-state index is -0.318. The summed E-state index contributed by atoms with van der Waals surface area (Å²) < 4.78 is 4.99.